The van der Waals surface area contributed by atoms with E-state index in [2.05, 4.69) is 29.3 Å². The van der Waals surface area contributed by atoms with Crippen LogP contribution in [0.15, 0.2) is 58.8 Å². The van der Waals surface area contributed by atoms with Crippen molar-refractivity contribution < 1.29 is 33.2 Å². The highest BCUT2D eigenvalue weighted by atomic mass is 16.6. The number of hydrogen-bond donors (Lipinski definition) is 0. The Kier molecular flexibility index (Phi) is 19.1. The van der Waals surface area contributed by atoms with Crippen LogP contribution in [0.4, 0.5) is 11.4 Å². The van der Waals surface area contributed by atoms with Crippen LogP contribution in [0.1, 0.15) is 51.0 Å². The highest BCUT2D eigenvalue weighted by Gasteiger charge is 2.03. The smallest absolute Gasteiger partial charge is 0.305 e. The van der Waals surface area contributed by atoms with Crippen molar-refractivity contribution in [3.63, 3.8) is 0 Å². The quantitative estimate of drug-likeness (QED) is 0.0811. The van der Waals surface area contributed by atoms with Crippen molar-refractivity contribution in [2.24, 2.45) is 10.2 Å². The number of aryl methyl sites for hydroxylation is 1. The number of hydrogen-bond acceptors (Lipinski definition) is 9. The van der Waals surface area contributed by atoms with E-state index in [0.717, 1.165) is 42.8 Å². The molecule has 0 unspecified atom stereocenters. The molecular formula is C31H46N2O7. The van der Waals surface area contributed by atoms with Gasteiger partial charge in [0.05, 0.1) is 64.2 Å². The minimum absolute atomic E-state index is 0.203. The highest BCUT2D eigenvalue weighted by Crippen LogP contribution is 2.22. The maximum Gasteiger partial charge on any atom is 0.305 e. The number of nitrogens with zero attached hydrogens (tertiary/aromatic N) is 2. The van der Waals surface area contributed by atoms with Crippen molar-refractivity contribution in [1.82, 2.24) is 0 Å². The summed E-state index contributed by atoms with van der Waals surface area (Å²) in [6.07, 6.45) is 6.41. The Morgan fingerprint density at radius 1 is 0.650 bits per heavy atom. The molecule has 0 spiro atoms. The second-order valence-corrected chi connectivity index (χ2v) is 9.17. The van der Waals surface area contributed by atoms with Gasteiger partial charge in [-0.1, -0.05) is 25.5 Å². The number of ether oxygens (including phenoxy) is 6. The SMILES string of the molecule is CCCCc1ccc(N=Nc2ccc(OCCCCCC(=O)OCCOCCOCCOCCOC)cc2)cc1. The summed E-state index contributed by atoms with van der Waals surface area (Å²) < 4.78 is 31.9. The molecule has 0 bridgehead atoms. The summed E-state index contributed by atoms with van der Waals surface area (Å²) in [5.74, 6) is 0.589. The Morgan fingerprint density at radius 2 is 1.23 bits per heavy atom. The van der Waals surface area contributed by atoms with Crippen molar-refractivity contribution in [2.75, 3.05) is 66.6 Å². The van der Waals surface area contributed by atoms with Crippen molar-refractivity contribution in [2.45, 2.75) is 51.9 Å². The van der Waals surface area contributed by atoms with Gasteiger partial charge < -0.3 is 28.4 Å². The molecule has 0 fully saturated rings. The van der Waals surface area contributed by atoms with Crippen molar-refractivity contribution in [3.8, 4) is 5.75 Å². The van der Waals surface area contributed by atoms with Gasteiger partial charge in [-0.2, -0.15) is 10.2 Å². The van der Waals surface area contributed by atoms with Crippen LogP contribution in [0.25, 0.3) is 0 Å². The van der Waals surface area contributed by atoms with Gasteiger partial charge in [-0.3, -0.25) is 4.79 Å². The van der Waals surface area contributed by atoms with Gasteiger partial charge >= 0.3 is 5.97 Å². The van der Waals surface area contributed by atoms with E-state index in [1.54, 1.807) is 7.11 Å². The first-order chi connectivity index (χ1) is 19.7. The number of esters is 1. The van der Waals surface area contributed by atoms with Gasteiger partial charge in [-0.25, -0.2) is 0 Å². The maximum atomic E-state index is 11.8. The van der Waals surface area contributed by atoms with Crippen LogP contribution < -0.4 is 4.74 Å². The fraction of sp³-hybridized carbons (Fsp3) is 0.581. The lowest BCUT2D eigenvalue weighted by atomic mass is 10.1. The molecule has 0 radical (unpaired) electrons. The first-order valence-electron chi connectivity index (χ1n) is 14.3. The zero-order valence-corrected chi connectivity index (χ0v) is 24.2. The normalized spacial score (nSPS) is 11.2. The lowest BCUT2D eigenvalue weighted by molar-refractivity contribution is -0.145. The molecule has 0 aliphatic carbocycles. The van der Waals surface area contributed by atoms with Crippen LogP contribution in [0.5, 0.6) is 5.75 Å². The van der Waals surface area contributed by atoms with Gasteiger partial charge in [-0.05, 0) is 74.1 Å². The Labute approximate surface area is 239 Å². The fourth-order valence-corrected chi connectivity index (χ4v) is 3.54. The average Bonchev–Trinajstić information content (AvgIpc) is 2.98. The largest absolute Gasteiger partial charge is 0.494 e. The van der Waals surface area contributed by atoms with Gasteiger partial charge in [0.25, 0.3) is 0 Å². The van der Waals surface area contributed by atoms with Crippen LogP contribution in [-0.2, 0) is 34.9 Å². The Bertz CT molecular complexity index is 920. The van der Waals surface area contributed by atoms with Crippen LogP contribution in [0.3, 0.4) is 0 Å². The van der Waals surface area contributed by atoms with E-state index in [9.17, 15) is 4.79 Å². The average molecular weight is 559 g/mol. The summed E-state index contributed by atoms with van der Waals surface area (Å²) in [4.78, 5) is 11.8. The summed E-state index contributed by atoms with van der Waals surface area (Å²) in [5.41, 5.74) is 2.95. The highest BCUT2D eigenvalue weighted by molar-refractivity contribution is 5.69. The molecule has 0 heterocycles. The molecule has 0 N–H and O–H groups in total. The second kappa shape index (κ2) is 22.9. The van der Waals surface area contributed by atoms with E-state index < -0.39 is 0 Å². The molecule has 0 atom stereocenters. The molecule has 0 aromatic heterocycles. The molecule has 0 aliphatic rings. The number of rotatable bonds is 24. The fourth-order valence-electron chi connectivity index (χ4n) is 3.54. The Hall–Kier alpha value is -2.85. The van der Waals surface area contributed by atoms with Crippen molar-refractivity contribution in [1.29, 1.82) is 0 Å². The molecular weight excluding hydrogens is 512 g/mol. The molecule has 222 valence electrons. The van der Waals surface area contributed by atoms with E-state index in [1.165, 1.54) is 18.4 Å². The predicted octanol–water partition coefficient (Wildman–Crippen LogP) is 6.62. The molecule has 2 aromatic carbocycles. The van der Waals surface area contributed by atoms with Gasteiger partial charge in [0.1, 0.15) is 12.4 Å². The van der Waals surface area contributed by atoms with Gasteiger partial charge in [0.2, 0.25) is 0 Å². The second-order valence-electron chi connectivity index (χ2n) is 9.17. The predicted molar refractivity (Wildman–Crippen MR) is 155 cm³/mol. The van der Waals surface area contributed by atoms with Crippen LogP contribution in [0, 0.1) is 0 Å². The third kappa shape index (κ3) is 17.0. The summed E-state index contributed by atoms with van der Waals surface area (Å²) in [6.45, 7) is 6.53. The number of unbranched alkanes of at least 4 members (excludes halogenated alkanes) is 3. The Morgan fingerprint density at radius 3 is 1.82 bits per heavy atom. The summed E-state index contributed by atoms with van der Waals surface area (Å²) in [6, 6.07) is 15.8. The third-order valence-corrected chi connectivity index (χ3v) is 5.83. The molecule has 9 nitrogen and oxygen atoms in total. The zero-order valence-electron chi connectivity index (χ0n) is 24.2. The molecule has 0 amide bonds. The summed E-state index contributed by atoms with van der Waals surface area (Å²) in [7, 11) is 1.64. The van der Waals surface area contributed by atoms with Crippen LogP contribution in [-0.4, -0.2) is 72.5 Å². The molecule has 0 aliphatic heterocycles. The number of methoxy groups -OCH3 is 1. The maximum absolute atomic E-state index is 11.8. The van der Waals surface area contributed by atoms with E-state index in [1.807, 2.05) is 36.4 Å². The third-order valence-electron chi connectivity index (χ3n) is 5.83. The minimum Gasteiger partial charge on any atom is -0.494 e. The first-order valence-corrected chi connectivity index (χ1v) is 14.3. The van der Waals surface area contributed by atoms with E-state index in [4.69, 9.17) is 28.4 Å². The molecule has 2 aromatic rings. The molecule has 2 rings (SSSR count). The lowest BCUT2D eigenvalue weighted by Crippen LogP contribution is -2.14. The minimum atomic E-state index is -0.203. The topological polar surface area (TPSA) is 97.2 Å². The molecule has 0 saturated heterocycles. The first kappa shape index (κ1) is 33.4. The van der Waals surface area contributed by atoms with Crippen LogP contribution in [0.2, 0.25) is 0 Å². The standard InChI is InChI=1S/C31H46N2O7/c1-3-4-8-27-10-12-28(13-11-27)32-33-29-14-16-30(17-15-29)39-18-7-5-6-9-31(34)40-26-25-38-24-23-37-22-21-36-20-19-35-2/h10-17H,3-9,18-26H2,1-2H3. The summed E-state index contributed by atoms with van der Waals surface area (Å²) in [5, 5.41) is 8.62. The number of carbonyl (C=O) groups is 1. The van der Waals surface area contributed by atoms with Crippen LogP contribution >= 0.6 is 0 Å². The molecule has 9 heteroatoms. The van der Waals surface area contributed by atoms with E-state index >= 15 is 0 Å². The van der Waals surface area contributed by atoms with Gasteiger partial charge in [0, 0.05) is 13.5 Å². The number of carbonyl (C=O) groups excluding carboxylic acids is 1. The van der Waals surface area contributed by atoms with E-state index in [0.29, 0.717) is 59.3 Å². The van der Waals surface area contributed by atoms with Gasteiger partial charge in [-0.15, -0.1) is 0 Å². The number of azo groups is 1. The summed E-state index contributed by atoms with van der Waals surface area (Å²) >= 11 is 0. The number of benzene rings is 2. The van der Waals surface area contributed by atoms with Gasteiger partial charge in [0.15, 0.2) is 0 Å². The zero-order chi connectivity index (χ0) is 28.5. The molecule has 40 heavy (non-hydrogen) atoms. The molecule has 0 saturated carbocycles. The van der Waals surface area contributed by atoms with E-state index in [-0.39, 0.29) is 12.6 Å². The Balaban J connectivity index is 1.43. The van der Waals surface area contributed by atoms with Crippen molar-refractivity contribution in [3.05, 3.63) is 54.1 Å². The monoisotopic (exact) mass is 558 g/mol. The van der Waals surface area contributed by atoms with Crippen molar-refractivity contribution >= 4 is 17.3 Å². The lowest BCUT2D eigenvalue weighted by Gasteiger charge is -2.08.